The van der Waals surface area contributed by atoms with E-state index in [1.165, 1.54) is 5.56 Å². The van der Waals surface area contributed by atoms with Crippen molar-refractivity contribution in [1.82, 2.24) is 10.2 Å². The van der Waals surface area contributed by atoms with Crippen LogP contribution in [0.15, 0.2) is 59.0 Å². The molecule has 0 aliphatic rings. The first-order chi connectivity index (χ1) is 11.6. The second-order valence-electron chi connectivity index (χ2n) is 5.37. The number of aromatic hydroxyl groups is 1. The minimum Gasteiger partial charge on any atom is -0.508 e. The van der Waals surface area contributed by atoms with Gasteiger partial charge in [0.2, 0.25) is 11.8 Å². The summed E-state index contributed by atoms with van der Waals surface area (Å²) in [6, 6.07) is 16.7. The van der Waals surface area contributed by atoms with E-state index in [9.17, 15) is 0 Å². The molecule has 0 saturated carbocycles. The van der Waals surface area contributed by atoms with Gasteiger partial charge in [-0.15, -0.1) is 10.2 Å². The first kappa shape index (κ1) is 17.7. The molecule has 0 bridgehead atoms. The molecule has 1 heterocycles. The minimum atomic E-state index is -0.368. The molecule has 0 amide bonds. The molecule has 0 aliphatic carbocycles. The van der Waals surface area contributed by atoms with E-state index in [1.807, 2.05) is 18.2 Å². The van der Waals surface area contributed by atoms with Gasteiger partial charge in [0.25, 0.3) is 0 Å². The normalized spacial score (nSPS) is 11.5. The Bertz CT molecular complexity index is 726. The summed E-state index contributed by atoms with van der Waals surface area (Å²) in [5.41, 5.74) is 13.6. The molecule has 3 rings (SSSR count). The molecule has 0 fully saturated rings. The Labute approximate surface area is 141 Å². The molecule has 5 N–H and O–H groups in total. The fraction of sp³-hybridized carbons (Fsp3) is 0.222. The third kappa shape index (κ3) is 5.49. The van der Waals surface area contributed by atoms with Crippen molar-refractivity contribution < 1.29 is 9.52 Å². The number of phenols is 1. The fourth-order valence-corrected chi connectivity index (χ4v) is 2.01. The van der Waals surface area contributed by atoms with Crippen LogP contribution in [0.25, 0.3) is 0 Å². The van der Waals surface area contributed by atoms with Crippen LogP contribution < -0.4 is 11.5 Å². The summed E-state index contributed by atoms with van der Waals surface area (Å²) in [5.74, 6) is 0.977. The molecule has 0 unspecified atom stereocenters. The van der Waals surface area contributed by atoms with Crippen molar-refractivity contribution in [2.75, 3.05) is 0 Å². The van der Waals surface area contributed by atoms with E-state index < -0.39 is 0 Å². The first-order valence-corrected chi connectivity index (χ1v) is 7.66. The average molecular weight is 326 g/mol. The zero-order chi connectivity index (χ0) is 17.4. The quantitative estimate of drug-likeness (QED) is 0.679. The average Bonchev–Trinajstić information content (AvgIpc) is 3.07. The van der Waals surface area contributed by atoms with Crippen molar-refractivity contribution in [1.29, 1.82) is 0 Å². The Morgan fingerprint density at radius 1 is 1.04 bits per heavy atom. The van der Waals surface area contributed by atoms with Crippen LogP contribution >= 0.6 is 0 Å². The topological polar surface area (TPSA) is 111 Å². The van der Waals surface area contributed by atoms with Gasteiger partial charge in [-0.1, -0.05) is 48.0 Å². The molecule has 0 spiro atoms. The van der Waals surface area contributed by atoms with E-state index in [0.717, 1.165) is 5.56 Å². The van der Waals surface area contributed by atoms with Crippen LogP contribution in [0.5, 0.6) is 5.75 Å². The van der Waals surface area contributed by atoms with Crippen LogP contribution in [0.2, 0.25) is 0 Å². The summed E-state index contributed by atoms with van der Waals surface area (Å²) in [6.07, 6.45) is 0.562. The molecule has 6 nitrogen and oxygen atoms in total. The van der Waals surface area contributed by atoms with Crippen molar-refractivity contribution in [2.45, 2.75) is 25.9 Å². The molecule has 6 heteroatoms. The molecule has 0 aliphatic heterocycles. The van der Waals surface area contributed by atoms with Crippen molar-refractivity contribution in [3.05, 3.63) is 77.5 Å². The number of hydrogen-bond donors (Lipinski definition) is 3. The molecular weight excluding hydrogens is 304 g/mol. The lowest BCUT2D eigenvalue weighted by atomic mass is 10.1. The van der Waals surface area contributed by atoms with E-state index in [1.54, 1.807) is 24.3 Å². The lowest BCUT2D eigenvalue weighted by Crippen LogP contribution is -2.13. The van der Waals surface area contributed by atoms with Gasteiger partial charge in [0, 0.05) is 0 Å². The van der Waals surface area contributed by atoms with Gasteiger partial charge < -0.3 is 21.0 Å². The highest BCUT2D eigenvalue weighted by molar-refractivity contribution is 5.26. The molecule has 1 atom stereocenters. The number of rotatable bonds is 4. The minimum absolute atomic E-state index is 0.207. The maximum Gasteiger partial charge on any atom is 0.233 e. The maximum absolute atomic E-state index is 9.16. The molecule has 2 aromatic carbocycles. The molecule has 3 aromatic rings. The summed E-state index contributed by atoms with van der Waals surface area (Å²) in [7, 11) is 0. The van der Waals surface area contributed by atoms with E-state index in [4.69, 9.17) is 21.0 Å². The third-order valence-corrected chi connectivity index (χ3v) is 3.31. The van der Waals surface area contributed by atoms with Crippen LogP contribution in [-0.4, -0.2) is 15.3 Å². The summed E-state index contributed by atoms with van der Waals surface area (Å²) in [5, 5.41) is 16.7. The Morgan fingerprint density at radius 3 is 2.21 bits per heavy atom. The molecule has 1 aromatic heterocycles. The summed E-state index contributed by atoms with van der Waals surface area (Å²) < 4.78 is 5.27. The number of hydrogen-bond acceptors (Lipinski definition) is 6. The van der Waals surface area contributed by atoms with Gasteiger partial charge in [-0.3, -0.25) is 0 Å². The molecule has 0 radical (unpaired) electrons. The summed E-state index contributed by atoms with van der Waals surface area (Å²) >= 11 is 0. The van der Waals surface area contributed by atoms with Crippen LogP contribution in [0.1, 0.15) is 29.0 Å². The summed E-state index contributed by atoms with van der Waals surface area (Å²) in [4.78, 5) is 0. The Hall–Kier alpha value is -2.70. The highest BCUT2D eigenvalue weighted by Crippen LogP contribution is 2.17. The summed E-state index contributed by atoms with van der Waals surface area (Å²) in [6.45, 7) is 2.29. The van der Waals surface area contributed by atoms with Crippen molar-refractivity contribution in [3.63, 3.8) is 0 Å². The largest absolute Gasteiger partial charge is 0.508 e. The Balaban J connectivity index is 0.000000249. The van der Waals surface area contributed by atoms with Crippen LogP contribution in [0.3, 0.4) is 0 Å². The van der Waals surface area contributed by atoms with Gasteiger partial charge in [-0.05, 0) is 31.0 Å². The van der Waals surface area contributed by atoms with E-state index in [0.29, 0.717) is 18.2 Å². The third-order valence-electron chi connectivity index (χ3n) is 3.31. The maximum atomic E-state index is 9.16. The second-order valence-corrected chi connectivity index (χ2v) is 5.37. The Morgan fingerprint density at radius 2 is 1.71 bits per heavy atom. The number of benzene rings is 2. The van der Waals surface area contributed by atoms with Crippen LogP contribution in [0.4, 0.5) is 0 Å². The monoisotopic (exact) mass is 326 g/mol. The standard InChI is InChI=1S/C11H14N4O2.C7H8/c12-6-10-14-15-11(17-10)9(13)5-7-1-3-8(16)4-2-7;1-7-5-3-2-4-6-7/h1-4,9,16H,5-6,12-13H2;2-6H,1H3/t9-;/m0./s1. The lowest BCUT2D eigenvalue weighted by Gasteiger charge is -2.06. The van der Waals surface area contributed by atoms with E-state index in [-0.39, 0.29) is 18.3 Å². The van der Waals surface area contributed by atoms with Crippen molar-refractivity contribution >= 4 is 0 Å². The van der Waals surface area contributed by atoms with E-state index in [2.05, 4.69) is 29.3 Å². The zero-order valence-corrected chi connectivity index (χ0v) is 13.6. The van der Waals surface area contributed by atoms with Gasteiger partial charge in [-0.25, -0.2) is 0 Å². The number of phenolic OH excluding ortho intramolecular Hbond substituents is 1. The predicted octanol–water partition coefficient (Wildman–Crippen LogP) is 2.47. The molecule has 0 saturated heterocycles. The van der Waals surface area contributed by atoms with Gasteiger partial charge in [0.15, 0.2) is 0 Å². The van der Waals surface area contributed by atoms with Crippen LogP contribution in [0, 0.1) is 6.92 Å². The van der Waals surface area contributed by atoms with Gasteiger partial charge in [0.1, 0.15) is 5.75 Å². The number of aryl methyl sites for hydroxylation is 1. The molecule has 24 heavy (non-hydrogen) atoms. The van der Waals surface area contributed by atoms with Gasteiger partial charge in [0.05, 0.1) is 12.6 Å². The first-order valence-electron chi connectivity index (χ1n) is 7.66. The number of nitrogens with two attached hydrogens (primary N) is 2. The van der Waals surface area contributed by atoms with Gasteiger partial charge >= 0.3 is 0 Å². The molecule has 126 valence electrons. The number of nitrogens with zero attached hydrogens (tertiary/aromatic N) is 2. The predicted molar refractivity (Wildman–Crippen MR) is 92.1 cm³/mol. The zero-order valence-electron chi connectivity index (χ0n) is 13.6. The SMILES string of the molecule is Cc1ccccc1.NCc1nnc([C@@H](N)Cc2ccc(O)cc2)o1. The highest BCUT2D eigenvalue weighted by Gasteiger charge is 2.14. The fourth-order valence-electron chi connectivity index (χ4n) is 2.01. The Kier molecular flexibility index (Phi) is 6.48. The van der Waals surface area contributed by atoms with Crippen molar-refractivity contribution in [3.8, 4) is 5.75 Å². The molecular formula is C18H22N4O2. The lowest BCUT2D eigenvalue weighted by molar-refractivity contribution is 0.417. The van der Waals surface area contributed by atoms with Gasteiger partial charge in [-0.2, -0.15) is 0 Å². The van der Waals surface area contributed by atoms with Crippen molar-refractivity contribution in [2.24, 2.45) is 11.5 Å². The second kappa shape index (κ2) is 8.81. The van der Waals surface area contributed by atoms with E-state index >= 15 is 0 Å². The smallest absolute Gasteiger partial charge is 0.233 e. The highest BCUT2D eigenvalue weighted by atomic mass is 16.4. The number of aromatic nitrogens is 2. The van der Waals surface area contributed by atoms with Crippen LogP contribution in [-0.2, 0) is 13.0 Å².